The number of halogens is 1. The maximum atomic E-state index is 4.78. The Morgan fingerprint density at radius 3 is 2.67 bits per heavy atom. The van der Waals surface area contributed by atoms with Gasteiger partial charge < -0.3 is 20.5 Å². The standard InChI is InChI=1S/C24H34N8.HI/c1-3-25-23(26-10-7-20-18-30-22-17-19(2)5-6-21(20)22)27-11-12-31-13-15-32(16-14-31)24-28-8-4-9-29-24;/h4-6,8-9,17-18,30H,3,7,10-16H2,1-2H3,(H2,25,26,27);1H. The number of hydrogen-bond donors (Lipinski definition) is 3. The summed E-state index contributed by atoms with van der Waals surface area (Å²) < 4.78 is 0. The number of rotatable bonds is 8. The number of aliphatic imine (C=N–C) groups is 1. The molecule has 1 saturated heterocycles. The Bertz CT molecular complexity index is 1010. The smallest absolute Gasteiger partial charge is 0.225 e. The molecule has 0 bridgehead atoms. The van der Waals surface area contributed by atoms with Crippen LogP contribution in [0.25, 0.3) is 10.9 Å². The van der Waals surface area contributed by atoms with Crippen LogP contribution in [-0.2, 0) is 6.42 Å². The maximum Gasteiger partial charge on any atom is 0.225 e. The zero-order valence-electron chi connectivity index (χ0n) is 19.5. The molecule has 0 amide bonds. The molecular formula is C24H35IN8. The molecule has 1 aliphatic rings. The van der Waals surface area contributed by atoms with Crippen LogP contribution in [0, 0.1) is 6.92 Å². The zero-order valence-corrected chi connectivity index (χ0v) is 21.9. The van der Waals surface area contributed by atoms with Crippen LogP contribution in [0.4, 0.5) is 5.95 Å². The summed E-state index contributed by atoms with van der Waals surface area (Å²) in [6, 6.07) is 8.43. The van der Waals surface area contributed by atoms with Crippen LogP contribution >= 0.6 is 24.0 Å². The fraction of sp³-hybridized carbons (Fsp3) is 0.458. The lowest BCUT2D eigenvalue weighted by atomic mass is 10.1. The Morgan fingerprint density at radius 1 is 1.12 bits per heavy atom. The van der Waals surface area contributed by atoms with Gasteiger partial charge in [-0.1, -0.05) is 12.1 Å². The molecule has 0 spiro atoms. The molecule has 1 fully saturated rings. The Hall–Kier alpha value is -2.40. The normalized spacial score (nSPS) is 14.8. The highest BCUT2D eigenvalue weighted by atomic mass is 127. The molecule has 3 heterocycles. The Balaban J connectivity index is 0.00000306. The van der Waals surface area contributed by atoms with Crippen LogP contribution in [0.3, 0.4) is 0 Å². The topological polar surface area (TPSA) is 84.5 Å². The molecule has 0 unspecified atom stereocenters. The minimum Gasteiger partial charge on any atom is -0.361 e. The van der Waals surface area contributed by atoms with Gasteiger partial charge in [0.05, 0.1) is 6.54 Å². The van der Waals surface area contributed by atoms with Crippen molar-refractivity contribution in [2.75, 3.05) is 57.3 Å². The quantitative estimate of drug-likeness (QED) is 0.223. The number of nitrogens with one attached hydrogen (secondary N) is 3. The molecular weight excluding hydrogens is 527 g/mol. The lowest BCUT2D eigenvalue weighted by Crippen LogP contribution is -2.47. The molecule has 0 aliphatic carbocycles. The van der Waals surface area contributed by atoms with Crippen LogP contribution in [0.5, 0.6) is 0 Å². The molecule has 9 heteroatoms. The van der Waals surface area contributed by atoms with Gasteiger partial charge in [-0.25, -0.2) is 9.97 Å². The van der Waals surface area contributed by atoms with Crippen molar-refractivity contribution in [3.8, 4) is 0 Å². The number of guanidine groups is 1. The van der Waals surface area contributed by atoms with Crippen LogP contribution in [-0.4, -0.2) is 78.2 Å². The number of anilines is 1. The van der Waals surface area contributed by atoms with E-state index < -0.39 is 0 Å². The largest absolute Gasteiger partial charge is 0.361 e. The number of fused-ring (bicyclic) bond motifs is 1. The first-order valence-electron chi connectivity index (χ1n) is 11.6. The zero-order chi connectivity index (χ0) is 22.2. The Morgan fingerprint density at radius 2 is 1.91 bits per heavy atom. The summed E-state index contributed by atoms with van der Waals surface area (Å²) in [5, 5.41) is 8.15. The summed E-state index contributed by atoms with van der Waals surface area (Å²) in [4.78, 5) is 21.6. The molecule has 2 aromatic heterocycles. The number of benzene rings is 1. The molecule has 178 valence electrons. The van der Waals surface area contributed by atoms with E-state index in [1.54, 1.807) is 12.4 Å². The summed E-state index contributed by atoms with van der Waals surface area (Å²) in [6.45, 7) is 11.6. The number of hydrogen-bond acceptors (Lipinski definition) is 5. The number of nitrogens with zero attached hydrogens (tertiary/aromatic N) is 5. The van der Waals surface area contributed by atoms with Crippen molar-refractivity contribution in [3.63, 3.8) is 0 Å². The van der Waals surface area contributed by atoms with Gasteiger partial charge in [0.1, 0.15) is 0 Å². The van der Waals surface area contributed by atoms with Gasteiger partial charge in [0.2, 0.25) is 5.95 Å². The first-order valence-corrected chi connectivity index (χ1v) is 11.6. The monoisotopic (exact) mass is 562 g/mol. The van der Waals surface area contributed by atoms with Gasteiger partial charge in [-0.05, 0) is 43.5 Å². The summed E-state index contributed by atoms with van der Waals surface area (Å²) in [7, 11) is 0. The second-order valence-corrected chi connectivity index (χ2v) is 8.18. The molecule has 4 rings (SSSR count). The third-order valence-corrected chi connectivity index (χ3v) is 5.85. The molecule has 0 atom stereocenters. The van der Waals surface area contributed by atoms with Crippen molar-refractivity contribution in [3.05, 3.63) is 54.0 Å². The van der Waals surface area contributed by atoms with Crippen molar-refractivity contribution in [1.29, 1.82) is 0 Å². The molecule has 8 nitrogen and oxygen atoms in total. The second-order valence-electron chi connectivity index (χ2n) is 8.18. The van der Waals surface area contributed by atoms with Crippen molar-refractivity contribution >= 4 is 46.8 Å². The molecule has 3 aromatic rings. The van der Waals surface area contributed by atoms with E-state index in [9.17, 15) is 0 Å². The average Bonchev–Trinajstić information content (AvgIpc) is 3.22. The lowest BCUT2D eigenvalue weighted by Gasteiger charge is -2.34. The van der Waals surface area contributed by atoms with Gasteiger partial charge in [-0.3, -0.25) is 9.89 Å². The van der Waals surface area contributed by atoms with Gasteiger partial charge >= 0.3 is 0 Å². The predicted molar refractivity (Wildman–Crippen MR) is 147 cm³/mol. The van der Waals surface area contributed by atoms with Gasteiger partial charge in [-0.2, -0.15) is 0 Å². The molecule has 3 N–H and O–H groups in total. The summed E-state index contributed by atoms with van der Waals surface area (Å²) in [5.74, 6) is 1.72. The van der Waals surface area contributed by atoms with Crippen LogP contribution in [0.1, 0.15) is 18.1 Å². The van der Waals surface area contributed by atoms with Crippen LogP contribution < -0.4 is 15.5 Å². The number of aromatic amines is 1. The Labute approximate surface area is 213 Å². The van der Waals surface area contributed by atoms with Gasteiger partial charge in [0.25, 0.3) is 0 Å². The summed E-state index contributed by atoms with van der Waals surface area (Å²) in [6.07, 6.45) is 6.68. The highest BCUT2D eigenvalue weighted by Gasteiger charge is 2.18. The van der Waals surface area contributed by atoms with Crippen molar-refractivity contribution < 1.29 is 0 Å². The van der Waals surface area contributed by atoms with Crippen LogP contribution in [0.15, 0.2) is 47.8 Å². The third-order valence-electron chi connectivity index (χ3n) is 5.85. The molecule has 1 aromatic carbocycles. The molecule has 0 radical (unpaired) electrons. The van der Waals surface area contributed by atoms with E-state index in [1.807, 2.05) is 6.07 Å². The minimum atomic E-state index is 0. The van der Waals surface area contributed by atoms with E-state index >= 15 is 0 Å². The van der Waals surface area contributed by atoms with E-state index in [1.165, 1.54) is 22.0 Å². The first-order chi connectivity index (χ1) is 15.7. The van der Waals surface area contributed by atoms with Gasteiger partial charge in [-0.15, -0.1) is 24.0 Å². The van der Waals surface area contributed by atoms with E-state index in [0.717, 1.165) is 70.7 Å². The fourth-order valence-corrected chi connectivity index (χ4v) is 4.09. The van der Waals surface area contributed by atoms with E-state index in [-0.39, 0.29) is 24.0 Å². The third kappa shape index (κ3) is 7.04. The lowest BCUT2D eigenvalue weighted by molar-refractivity contribution is 0.263. The van der Waals surface area contributed by atoms with Crippen molar-refractivity contribution in [1.82, 2.24) is 30.5 Å². The molecule has 0 saturated carbocycles. The molecule has 1 aliphatic heterocycles. The number of aromatic nitrogens is 3. The fourth-order valence-electron chi connectivity index (χ4n) is 4.09. The van der Waals surface area contributed by atoms with Crippen molar-refractivity contribution in [2.24, 2.45) is 4.99 Å². The Kier molecular flexibility index (Phi) is 9.74. The van der Waals surface area contributed by atoms with Gasteiger partial charge in [0.15, 0.2) is 5.96 Å². The maximum absolute atomic E-state index is 4.78. The van der Waals surface area contributed by atoms with E-state index in [2.05, 4.69) is 73.6 Å². The van der Waals surface area contributed by atoms with Crippen molar-refractivity contribution in [2.45, 2.75) is 20.3 Å². The predicted octanol–water partition coefficient (Wildman–Crippen LogP) is 2.80. The summed E-state index contributed by atoms with van der Waals surface area (Å²) >= 11 is 0. The summed E-state index contributed by atoms with van der Waals surface area (Å²) in [5.41, 5.74) is 3.82. The number of H-pyrrole nitrogens is 1. The number of aryl methyl sites for hydroxylation is 1. The van der Waals surface area contributed by atoms with E-state index in [4.69, 9.17) is 4.99 Å². The SMILES string of the molecule is CCNC(=NCCN1CCN(c2ncccn2)CC1)NCCc1c[nH]c2cc(C)ccc12.I. The average molecular weight is 563 g/mol. The molecule has 33 heavy (non-hydrogen) atoms. The second kappa shape index (κ2) is 12.7. The minimum absolute atomic E-state index is 0. The first kappa shape index (κ1) is 25.2. The van der Waals surface area contributed by atoms with E-state index in [0.29, 0.717) is 0 Å². The van der Waals surface area contributed by atoms with Crippen LogP contribution in [0.2, 0.25) is 0 Å². The highest BCUT2D eigenvalue weighted by Crippen LogP contribution is 2.19. The number of piperazine rings is 1. The van der Waals surface area contributed by atoms with Gasteiger partial charge in [0, 0.05) is 75.3 Å². The highest BCUT2D eigenvalue weighted by molar-refractivity contribution is 14.0.